The molecule has 2 aromatic heterocycles. The third-order valence-corrected chi connectivity index (χ3v) is 2.87. The molecule has 0 spiro atoms. The van der Waals surface area contributed by atoms with Gasteiger partial charge >= 0.3 is 0 Å². The summed E-state index contributed by atoms with van der Waals surface area (Å²) in [5.74, 6) is 1.24. The molecular formula is C12H18N6O. The molecule has 0 saturated heterocycles. The smallest absolute Gasteiger partial charge is 0.293 e. The van der Waals surface area contributed by atoms with Gasteiger partial charge in [-0.3, -0.25) is 4.79 Å². The second-order valence-electron chi connectivity index (χ2n) is 4.62. The number of nitrogens with zero attached hydrogens (tertiary/aromatic N) is 5. The van der Waals surface area contributed by atoms with Gasteiger partial charge in [0.25, 0.3) is 5.56 Å². The lowest BCUT2D eigenvalue weighted by Gasteiger charge is -2.11. The van der Waals surface area contributed by atoms with Crippen molar-refractivity contribution < 1.29 is 0 Å². The molecule has 0 aromatic carbocycles. The van der Waals surface area contributed by atoms with Crippen LogP contribution in [-0.4, -0.2) is 30.9 Å². The second-order valence-corrected chi connectivity index (χ2v) is 4.62. The first kappa shape index (κ1) is 13.3. The van der Waals surface area contributed by atoms with Crippen LogP contribution in [0.4, 0.5) is 5.82 Å². The maximum atomic E-state index is 12.1. The van der Waals surface area contributed by atoms with Crippen molar-refractivity contribution >= 4 is 5.82 Å². The first-order valence-electron chi connectivity index (χ1n) is 6.23. The van der Waals surface area contributed by atoms with Crippen molar-refractivity contribution in [2.75, 3.05) is 11.9 Å². The van der Waals surface area contributed by atoms with E-state index >= 15 is 0 Å². The fraction of sp³-hybridized carbons (Fsp3) is 0.500. The molecule has 7 heteroatoms. The maximum Gasteiger partial charge on any atom is 0.293 e. The number of hydrogen-bond acceptors (Lipinski definition) is 5. The van der Waals surface area contributed by atoms with E-state index in [1.807, 2.05) is 25.5 Å². The summed E-state index contributed by atoms with van der Waals surface area (Å²) in [6.45, 7) is 4.52. The first-order chi connectivity index (χ1) is 9.09. The highest BCUT2D eigenvalue weighted by atomic mass is 16.1. The molecule has 102 valence electrons. The standard InChI is InChI=1S/C12H18N6O/c1-9(2)18-7-6-14-11(12(18)19)13-5-4-10-16-15-8-17(10)3/h6-9H,4-5H2,1-3H3,(H,13,14). The van der Waals surface area contributed by atoms with Crippen LogP contribution in [0.1, 0.15) is 25.7 Å². The number of hydrogen-bond donors (Lipinski definition) is 1. The summed E-state index contributed by atoms with van der Waals surface area (Å²) in [6, 6.07) is 0.120. The van der Waals surface area contributed by atoms with Crippen LogP contribution in [0.3, 0.4) is 0 Å². The minimum Gasteiger partial charge on any atom is -0.365 e. The predicted molar refractivity (Wildman–Crippen MR) is 72.1 cm³/mol. The molecule has 0 atom stereocenters. The van der Waals surface area contributed by atoms with Gasteiger partial charge < -0.3 is 14.5 Å². The van der Waals surface area contributed by atoms with Gasteiger partial charge in [0.1, 0.15) is 12.2 Å². The molecule has 19 heavy (non-hydrogen) atoms. The fourth-order valence-corrected chi connectivity index (χ4v) is 1.78. The first-order valence-corrected chi connectivity index (χ1v) is 6.23. The van der Waals surface area contributed by atoms with E-state index in [1.54, 1.807) is 23.3 Å². The van der Waals surface area contributed by atoms with Crippen molar-refractivity contribution in [1.29, 1.82) is 0 Å². The van der Waals surface area contributed by atoms with Crippen molar-refractivity contribution in [3.63, 3.8) is 0 Å². The third kappa shape index (κ3) is 2.98. The molecule has 0 radical (unpaired) electrons. The van der Waals surface area contributed by atoms with Gasteiger partial charge in [0.15, 0.2) is 5.82 Å². The molecule has 0 bridgehead atoms. The highest BCUT2D eigenvalue weighted by molar-refractivity contribution is 5.30. The summed E-state index contributed by atoms with van der Waals surface area (Å²) in [5.41, 5.74) is -0.101. The number of rotatable bonds is 5. The Labute approximate surface area is 111 Å². The van der Waals surface area contributed by atoms with Gasteiger partial charge in [-0.2, -0.15) is 0 Å². The van der Waals surface area contributed by atoms with Crippen molar-refractivity contribution in [1.82, 2.24) is 24.3 Å². The molecule has 0 unspecified atom stereocenters. The molecule has 2 rings (SSSR count). The van der Waals surface area contributed by atoms with Gasteiger partial charge in [-0.25, -0.2) is 4.98 Å². The number of aromatic nitrogens is 5. The average Bonchev–Trinajstić information content (AvgIpc) is 2.77. The van der Waals surface area contributed by atoms with Crippen molar-refractivity contribution in [3.8, 4) is 0 Å². The monoisotopic (exact) mass is 262 g/mol. The summed E-state index contributed by atoms with van der Waals surface area (Å²) in [7, 11) is 1.89. The van der Waals surface area contributed by atoms with Gasteiger partial charge in [-0.1, -0.05) is 0 Å². The van der Waals surface area contributed by atoms with Crippen LogP contribution >= 0.6 is 0 Å². The molecule has 0 saturated carbocycles. The Morgan fingerprint density at radius 1 is 1.42 bits per heavy atom. The highest BCUT2D eigenvalue weighted by Crippen LogP contribution is 2.01. The topological polar surface area (TPSA) is 77.6 Å². The average molecular weight is 262 g/mol. The summed E-state index contributed by atoms with van der Waals surface area (Å²) < 4.78 is 3.50. The minimum atomic E-state index is -0.101. The van der Waals surface area contributed by atoms with Crippen LogP contribution in [0, 0.1) is 0 Å². The zero-order chi connectivity index (χ0) is 13.8. The molecule has 0 amide bonds. The lowest BCUT2D eigenvalue weighted by molar-refractivity contribution is 0.575. The van der Waals surface area contributed by atoms with Gasteiger partial charge in [0.05, 0.1) is 0 Å². The van der Waals surface area contributed by atoms with Crippen LogP contribution in [0.15, 0.2) is 23.5 Å². The SMILES string of the molecule is CC(C)n1ccnc(NCCc2nncn2C)c1=O. The lowest BCUT2D eigenvalue weighted by atomic mass is 10.3. The van der Waals surface area contributed by atoms with Crippen LogP contribution in [0.2, 0.25) is 0 Å². The summed E-state index contributed by atoms with van der Waals surface area (Å²) >= 11 is 0. The maximum absolute atomic E-state index is 12.1. The van der Waals surface area contributed by atoms with Gasteiger partial charge in [0.2, 0.25) is 0 Å². The second kappa shape index (κ2) is 5.64. The van der Waals surface area contributed by atoms with Gasteiger partial charge in [-0.05, 0) is 13.8 Å². The van der Waals surface area contributed by atoms with E-state index in [2.05, 4.69) is 20.5 Å². The van der Waals surface area contributed by atoms with E-state index in [9.17, 15) is 4.79 Å². The Morgan fingerprint density at radius 3 is 2.84 bits per heavy atom. The summed E-state index contributed by atoms with van der Waals surface area (Å²) in [5, 5.41) is 10.8. The Balaban J connectivity index is 2.02. The van der Waals surface area contributed by atoms with E-state index in [4.69, 9.17) is 0 Å². The van der Waals surface area contributed by atoms with Gasteiger partial charge in [-0.15, -0.1) is 10.2 Å². The molecular weight excluding hydrogens is 244 g/mol. The molecule has 0 aliphatic heterocycles. The molecule has 0 fully saturated rings. The van der Waals surface area contributed by atoms with Crippen molar-refractivity contribution in [3.05, 3.63) is 34.9 Å². The van der Waals surface area contributed by atoms with Crippen LogP contribution in [0.5, 0.6) is 0 Å². The lowest BCUT2D eigenvalue weighted by Crippen LogP contribution is -2.26. The Bertz CT molecular complexity index is 600. The zero-order valence-corrected chi connectivity index (χ0v) is 11.4. The van der Waals surface area contributed by atoms with Crippen molar-refractivity contribution in [2.45, 2.75) is 26.3 Å². The van der Waals surface area contributed by atoms with E-state index in [-0.39, 0.29) is 11.6 Å². The van der Waals surface area contributed by atoms with E-state index < -0.39 is 0 Å². The van der Waals surface area contributed by atoms with E-state index in [1.165, 1.54) is 0 Å². The molecule has 7 nitrogen and oxygen atoms in total. The number of anilines is 1. The Hall–Kier alpha value is -2.18. The molecule has 0 aliphatic carbocycles. The number of aryl methyl sites for hydroxylation is 1. The number of nitrogens with one attached hydrogen (secondary N) is 1. The Morgan fingerprint density at radius 2 is 2.21 bits per heavy atom. The van der Waals surface area contributed by atoms with Gasteiger partial charge in [0, 0.05) is 38.4 Å². The van der Waals surface area contributed by atoms with E-state index in [0.29, 0.717) is 18.8 Å². The van der Waals surface area contributed by atoms with Crippen LogP contribution in [-0.2, 0) is 13.5 Å². The normalized spacial score (nSPS) is 10.9. The molecule has 2 aromatic rings. The Kier molecular flexibility index (Phi) is 3.94. The quantitative estimate of drug-likeness (QED) is 0.854. The fourth-order valence-electron chi connectivity index (χ4n) is 1.78. The molecule has 0 aliphatic rings. The minimum absolute atomic E-state index is 0.101. The predicted octanol–water partition coefficient (Wildman–Crippen LogP) is 0.607. The van der Waals surface area contributed by atoms with Crippen LogP contribution in [0.25, 0.3) is 0 Å². The third-order valence-electron chi connectivity index (χ3n) is 2.87. The molecule has 1 N–H and O–H groups in total. The zero-order valence-electron chi connectivity index (χ0n) is 11.4. The largest absolute Gasteiger partial charge is 0.365 e. The molecule has 2 heterocycles. The van der Waals surface area contributed by atoms with Crippen molar-refractivity contribution in [2.24, 2.45) is 7.05 Å². The van der Waals surface area contributed by atoms with Crippen LogP contribution < -0.4 is 10.9 Å². The summed E-state index contributed by atoms with van der Waals surface area (Å²) in [4.78, 5) is 16.1. The van der Waals surface area contributed by atoms with E-state index in [0.717, 1.165) is 5.82 Å². The highest BCUT2D eigenvalue weighted by Gasteiger charge is 2.07. The summed E-state index contributed by atoms with van der Waals surface area (Å²) in [6.07, 6.45) is 5.67.